The van der Waals surface area contributed by atoms with Crippen molar-refractivity contribution in [2.75, 3.05) is 19.8 Å². The maximum absolute atomic E-state index is 12.6. The van der Waals surface area contributed by atoms with E-state index in [-0.39, 0.29) is 31.1 Å². The van der Waals surface area contributed by atoms with Crippen molar-refractivity contribution >= 4 is 17.9 Å². The molecule has 8 nitrogen and oxygen atoms in total. The molecule has 0 saturated carbocycles. The maximum Gasteiger partial charge on any atom is 0.355 e. The van der Waals surface area contributed by atoms with Crippen molar-refractivity contribution in [1.82, 2.24) is 9.97 Å². The van der Waals surface area contributed by atoms with Crippen LogP contribution in [0, 0.1) is 20.8 Å². The van der Waals surface area contributed by atoms with Crippen LogP contribution < -0.4 is 0 Å². The minimum atomic E-state index is -0.597. The molecule has 0 spiro atoms. The molecule has 0 aliphatic rings. The number of aromatic amines is 2. The predicted octanol–water partition coefficient (Wildman–Crippen LogP) is 3.47. The summed E-state index contributed by atoms with van der Waals surface area (Å²) in [5.74, 6) is -1.63. The van der Waals surface area contributed by atoms with Gasteiger partial charge in [0.15, 0.2) is 0 Å². The summed E-state index contributed by atoms with van der Waals surface area (Å²) in [4.78, 5) is 43.5. The zero-order valence-electron chi connectivity index (χ0n) is 17.1. The molecular formula is C20H26N2O6. The van der Waals surface area contributed by atoms with Gasteiger partial charge in [-0.3, -0.25) is 0 Å². The molecule has 0 aliphatic carbocycles. The second-order valence-corrected chi connectivity index (χ2v) is 6.16. The average molecular weight is 390 g/mol. The van der Waals surface area contributed by atoms with Gasteiger partial charge in [0.05, 0.1) is 36.6 Å². The molecule has 152 valence electrons. The fourth-order valence-corrected chi connectivity index (χ4v) is 3.20. The molecule has 0 atom stereocenters. The van der Waals surface area contributed by atoms with Gasteiger partial charge in [-0.05, 0) is 47.1 Å². The second-order valence-electron chi connectivity index (χ2n) is 6.16. The minimum Gasteiger partial charge on any atom is -0.462 e. The summed E-state index contributed by atoms with van der Waals surface area (Å²) in [5, 5.41) is 0. The summed E-state index contributed by atoms with van der Waals surface area (Å²) in [6.07, 6.45) is 0. The predicted molar refractivity (Wildman–Crippen MR) is 103 cm³/mol. The van der Waals surface area contributed by atoms with Crippen molar-refractivity contribution < 1.29 is 28.6 Å². The lowest BCUT2D eigenvalue weighted by Crippen LogP contribution is -2.10. The van der Waals surface area contributed by atoms with Crippen molar-refractivity contribution in [3.63, 3.8) is 0 Å². The van der Waals surface area contributed by atoms with Gasteiger partial charge in [-0.1, -0.05) is 0 Å². The van der Waals surface area contributed by atoms with E-state index in [1.165, 1.54) is 0 Å². The number of ether oxygens (including phenoxy) is 3. The van der Waals surface area contributed by atoms with Gasteiger partial charge in [-0.2, -0.15) is 0 Å². The van der Waals surface area contributed by atoms with Crippen molar-refractivity contribution in [3.8, 4) is 11.3 Å². The number of aryl methyl sites for hydroxylation is 2. The fourth-order valence-electron chi connectivity index (χ4n) is 3.20. The first-order chi connectivity index (χ1) is 13.3. The highest BCUT2D eigenvalue weighted by Crippen LogP contribution is 2.35. The summed E-state index contributed by atoms with van der Waals surface area (Å²) in [7, 11) is 0. The number of hydrogen-bond acceptors (Lipinski definition) is 6. The number of nitrogens with one attached hydrogen (secondary N) is 2. The molecule has 0 aliphatic heterocycles. The molecule has 0 aromatic carbocycles. The Hall–Kier alpha value is -3.03. The molecule has 0 saturated heterocycles. The summed E-state index contributed by atoms with van der Waals surface area (Å²) < 4.78 is 15.4. The Kier molecular flexibility index (Phi) is 6.66. The van der Waals surface area contributed by atoms with E-state index in [1.54, 1.807) is 41.5 Å². The lowest BCUT2D eigenvalue weighted by Gasteiger charge is -2.08. The van der Waals surface area contributed by atoms with Crippen LogP contribution >= 0.6 is 0 Å². The molecule has 2 heterocycles. The Morgan fingerprint density at radius 2 is 1.18 bits per heavy atom. The second kappa shape index (κ2) is 8.77. The van der Waals surface area contributed by atoms with Crippen LogP contribution in [0.4, 0.5) is 0 Å². The van der Waals surface area contributed by atoms with Gasteiger partial charge in [0.25, 0.3) is 0 Å². The molecule has 0 radical (unpaired) electrons. The number of hydrogen-bond donors (Lipinski definition) is 2. The van der Waals surface area contributed by atoms with Crippen LogP contribution in [0.1, 0.15) is 68.9 Å². The number of carbonyl (C=O) groups is 3. The van der Waals surface area contributed by atoms with E-state index in [2.05, 4.69) is 9.97 Å². The number of aromatic nitrogens is 2. The molecule has 0 fully saturated rings. The van der Waals surface area contributed by atoms with Gasteiger partial charge >= 0.3 is 17.9 Å². The Bertz CT molecular complexity index is 906. The Labute approximate surface area is 163 Å². The zero-order valence-corrected chi connectivity index (χ0v) is 17.1. The van der Waals surface area contributed by atoms with Crippen molar-refractivity contribution in [3.05, 3.63) is 33.8 Å². The molecule has 2 aromatic rings. The highest BCUT2D eigenvalue weighted by molar-refractivity contribution is 6.07. The Morgan fingerprint density at radius 1 is 0.714 bits per heavy atom. The largest absolute Gasteiger partial charge is 0.462 e. The van der Waals surface area contributed by atoms with E-state index in [0.717, 1.165) is 0 Å². The Balaban J connectivity index is 2.76. The quantitative estimate of drug-likeness (QED) is 0.553. The number of carbonyl (C=O) groups excluding carboxylic acids is 3. The first kappa shape index (κ1) is 21.3. The number of rotatable bonds is 7. The van der Waals surface area contributed by atoms with Crippen molar-refractivity contribution in [1.29, 1.82) is 0 Å². The topological polar surface area (TPSA) is 110 Å². The third-order valence-corrected chi connectivity index (χ3v) is 4.31. The van der Waals surface area contributed by atoms with Gasteiger partial charge in [0.1, 0.15) is 5.69 Å². The van der Waals surface area contributed by atoms with E-state index in [4.69, 9.17) is 14.2 Å². The first-order valence-electron chi connectivity index (χ1n) is 9.21. The third kappa shape index (κ3) is 3.81. The molecule has 2 rings (SSSR count). The summed E-state index contributed by atoms with van der Waals surface area (Å²) in [6, 6.07) is 0. The maximum atomic E-state index is 12.6. The number of H-pyrrole nitrogens is 2. The van der Waals surface area contributed by atoms with Crippen LogP contribution in [0.15, 0.2) is 0 Å². The van der Waals surface area contributed by atoms with E-state index < -0.39 is 17.9 Å². The molecule has 8 heteroatoms. The molecular weight excluding hydrogens is 364 g/mol. The van der Waals surface area contributed by atoms with Gasteiger partial charge < -0.3 is 24.2 Å². The van der Waals surface area contributed by atoms with E-state index in [1.807, 2.05) is 0 Å². The first-order valence-corrected chi connectivity index (χ1v) is 9.21. The lowest BCUT2D eigenvalue weighted by atomic mass is 10.0. The molecule has 2 aromatic heterocycles. The smallest absolute Gasteiger partial charge is 0.355 e. The number of esters is 3. The molecule has 0 unspecified atom stereocenters. The molecule has 28 heavy (non-hydrogen) atoms. The third-order valence-electron chi connectivity index (χ3n) is 4.31. The monoisotopic (exact) mass is 390 g/mol. The van der Waals surface area contributed by atoms with Gasteiger partial charge in [-0.25, -0.2) is 14.4 Å². The van der Waals surface area contributed by atoms with Crippen LogP contribution in [-0.4, -0.2) is 47.7 Å². The van der Waals surface area contributed by atoms with Crippen LogP contribution in [0.5, 0.6) is 0 Å². The van der Waals surface area contributed by atoms with Gasteiger partial charge in [-0.15, -0.1) is 0 Å². The highest BCUT2D eigenvalue weighted by Gasteiger charge is 2.31. The summed E-state index contributed by atoms with van der Waals surface area (Å²) in [6.45, 7) is 10.9. The van der Waals surface area contributed by atoms with Crippen LogP contribution in [0.25, 0.3) is 11.3 Å². The summed E-state index contributed by atoms with van der Waals surface area (Å²) in [5.41, 5.74) is 3.15. The molecule has 0 amide bonds. The highest BCUT2D eigenvalue weighted by atomic mass is 16.5. The lowest BCUT2D eigenvalue weighted by molar-refractivity contribution is 0.0513. The molecule has 2 N–H and O–H groups in total. The Morgan fingerprint density at radius 3 is 1.71 bits per heavy atom. The zero-order chi connectivity index (χ0) is 21.0. The summed E-state index contributed by atoms with van der Waals surface area (Å²) >= 11 is 0. The van der Waals surface area contributed by atoms with E-state index in [0.29, 0.717) is 33.8 Å². The average Bonchev–Trinajstić information content (AvgIpc) is 3.11. The standard InChI is InChI=1S/C20H26N2O6/c1-7-26-18(23)13-10(4)16(21-11(13)5)15-14(19(24)27-8-2)12(6)22-17(15)20(25)28-9-3/h21-22H,7-9H2,1-6H3. The molecule has 0 bridgehead atoms. The van der Waals surface area contributed by atoms with Gasteiger partial charge in [0.2, 0.25) is 0 Å². The van der Waals surface area contributed by atoms with Crippen molar-refractivity contribution in [2.24, 2.45) is 0 Å². The van der Waals surface area contributed by atoms with Gasteiger partial charge in [0, 0.05) is 17.0 Å². The SMILES string of the molecule is CCOC(=O)c1[nH]c(C)c(C(=O)OCC)c1-c1[nH]c(C)c(C(=O)OCC)c1C. The van der Waals surface area contributed by atoms with E-state index >= 15 is 0 Å². The van der Waals surface area contributed by atoms with Crippen molar-refractivity contribution in [2.45, 2.75) is 41.5 Å². The van der Waals surface area contributed by atoms with E-state index in [9.17, 15) is 14.4 Å². The normalized spacial score (nSPS) is 10.6. The van der Waals surface area contributed by atoms with Crippen LogP contribution in [0.3, 0.4) is 0 Å². The minimum absolute atomic E-state index is 0.127. The fraction of sp³-hybridized carbons (Fsp3) is 0.450. The van der Waals surface area contributed by atoms with Crippen LogP contribution in [0.2, 0.25) is 0 Å². The van der Waals surface area contributed by atoms with Crippen LogP contribution in [-0.2, 0) is 14.2 Å².